The standard InChI is InChI=1S/C14H30N2/c1-4-6-7-11-16(3)13-14(5-2)9-8-10-15-12-14/h15H,4-13H2,1-3H3. The molecule has 1 aliphatic heterocycles. The largest absolute Gasteiger partial charge is 0.316 e. The van der Waals surface area contributed by atoms with Gasteiger partial charge in [-0.15, -0.1) is 0 Å². The Morgan fingerprint density at radius 3 is 2.62 bits per heavy atom. The van der Waals surface area contributed by atoms with Crippen molar-refractivity contribution in [2.24, 2.45) is 5.41 Å². The molecule has 1 N–H and O–H groups in total. The Balaban J connectivity index is 2.30. The van der Waals surface area contributed by atoms with Gasteiger partial charge in [-0.2, -0.15) is 0 Å². The van der Waals surface area contributed by atoms with Gasteiger partial charge < -0.3 is 10.2 Å². The van der Waals surface area contributed by atoms with Crippen molar-refractivity contribution >= 4 is 0 Å². The first-order valence-electron chi connectivity index (χ1n) is 7.12. The second kappa shape index (κ2) is 7.29. The molecule has 16 heavy (non-hydrogen) atoms. The molecule has 96 valence electrons. The topological polar surface area (TPSA) is 15.3 Å². The molecule has 1 rings (SSSR count). The monoisotopic (exact) mass is 226 g/mol. The highest BCUT2D eigenvalue weighted by Crippen LogP contribution is 2.30. The van der Waals surface area contributed by atoms with Crippen LogP contribution < -0.4 is 5.32 Å². The van der Waals surface area contributed by atoms with Gasteiger partial charge in [0.25, 0.3) is 0 Å². The molecule has 0 aromatic heterocycles. The normalized spacial score (nSPS) is 26.2. The van der Waals surface area contributed by atoms with Crippen LogP contribution in [0.15, 0.2) is 0 Å². The highest BCUT2D eigenvalue weighted by Gasteiger charge is 2.30. The Kier molecular flexibility index (Phi) is 6.37. The number of hydrogen-bond donors (Lipinski definition) is 1. The Labute approximate surface area is 102 Å². The third-order valence-corrected chi connectivity index (χ3v) is 4.06. The van der Waals surface area contributed by atoms with Crippen molar-refractivity contribution in [3.8, 4) is 0 Å². The van der Waals surface area contributed by atoms with E-state index < -0.39 is 0 Å². The molecule has 1 aliphatic rings. The van der Waals surface area contributed by atoms with E-state index in [0.717, 1.165) is 0 Å². The lowest BCUT2D eigenvalue weighted by Gasteiger charge is -2.40. The minimum atomic E-state index is 0.555. The van der Waals surface area contributed by atoms with Crippen molar-refractivity contribution in [1.82, 2.24) is 10.2 Å². The van der Waals surface area contributed by atoms with Crippen molar-refractivity contribution < 1.29 is 0 Å². The summed E-state index contributed by atoms with van der Waals surface area (Å²) < 4.78 is 0. The number of unbranched alkanes of at least 4 members (excludes halogenated alkanes) is 2. The molecule has 0 spiro atoms. The van der Waals surface area contributed by atoms with Gasteiger partial charge in [-0.05, 0) is 51.2 Å². The molecular weight excluding hydrogens is 196 g/mol. The van der Waals surface area contributed by atoms with Crippen LogP contribution in [-0.2, 0) is 0 Å². The molecule has 0 bridgehead atoms. The second-order valence-corrected chi connectivity index (χ2v) is 5.58. The maximum absolute atomic E-state index is 3.57. The first-order chi connectivity index (χ1) is 7.72. The summed E-state index contributed by atoms with van der Waals surface area (Å²) in [7, 11) is 2.29. The van der Waals surface area contributed by atoms with Crippen LogP contribution in [0.25, 0.3) is 0 Å². The van der Waals surface area contributed by atoms with Crippen molar-refractivity contribution in [3.63, 3.8) is 0 Å². The van der Waals surface area contributed by atoms with Gasteiger partial charge in [0.05, 0.1) is 0 Å². The van der Waals surface area contributed by atoms with Crippen LogP contribution in [-0.4, -0.2) is 38.1 Å². The zero-order valence-electron chi connectivity index (χ0n) is 11.5. The van der Waals surface area contributed by atoms with Crippen LogP contribution in [0.1, 0.15) is 52.4 Å². The fourth-order valence-corrected chi connectivity index (χ4v) is 2.86. The summed E-state index contributed by atoms with van der Waals surface area (Å²) in [6, 6.07) is 0. The zero-order valence-corrected chi connectivity index (χ0v) is 11.5. The van der Waals surface area contributed by atoms with Gasteiger partial charge in [-0.1, -0.05) is 26.7 Å². The van der Waals surface area contributed by atoms with Gasteiger partial charge in [0.2, 0.25) is 0 Å². The van der Waals surface area contributed by atoms with Crippen molar-refractivity contribution in [2.45, 2.75) is 52.4 Å². The Morgan fingerprint density at radius 1 is 1.25 bits per heavy atom. The summed E-state index contributed by atoms with van der Waals surface area (Å²) >= 11 is 0. The van der Waals surface area contributed by atoms with Crippen LogP contribution in [0, 0.1) is 5.41 Å². The lowest BCUT2D eigenvalue weighted by Crippen LogP contribution is -2.46. The molecule has 1 fully saturated rings. The van der Waals surface area contributed by atoms with E-state index in [1.807, 2.05) is 0 Å². The Hall–Kier alpha value is -0.0800. The predicted octanol–water partition coefficient (Wildman–Crippen LogP) is 2.89. The van der Waals surface area contributed by atoms with Crippen LogP contribution in [0.2, 0.25) is 0 Å². The minimum absolute atomic E-state index is 0.555. The lowest BCUT2D eigenvalue weighted by atomic mass is 9.78. The van der Waals surface area contributed by atoms with E-state index in [1.165, 1.54) is 64.7 Å². The maximum Gasteiger partial charge on any atom is 0.00470 e. The summed E-state index contributed by atoms with van der Waals surface area (Å²) in [6.45, 7) is 9.63. The van der Waals surface area contributed by atoms with Crippen molar-refractivity contribution in [2.75, 3.05) is 33.2 Å². The average molecular weight is 226 g/mol. The molecule has 0 radical (unpaired) electrons. The smallest absolute Gasteiger partial charge is 0.00470 e. The van der Waals surface area contributed by atoms with Gasteiger partial charge >= 0.3 is 0 Å². The first kappa shape index (κ1) is 14.0. The number of piperidine rings is 1. The molecule has 0 amide bonds. The summed E-state index contributed by atoms with van der Waals surface area (Å²) in [4.78, 5) is 2.55. The molecule has 0 aromatic rings. The number of hydrogen-bond acceptors (Lipinski definition) is 2. The highest BCUT2D eigenvalue weighted by molar-refractivity contribution is 4.86. The first-order valence-corrected chi connectivity index (χ1v) is 7.12. The minimum Gasteiger partial charge on any atom is -0.316 e. The molecular formula is C14H30N2. The average Bonchev–Trinajstić information content (AvgIpc) is 2.30. The third kappa shape index (κ3) is 4.42. The van der Waals surface area contributed by atoms with Crippen molar-refractivity contribution in [3.05, 3.63) is 0 Å². The van der Waals surface area contributed by atoms with E-state index in [-0.39, 0.29) is 0 Å². The number of rotatable bonds is 7. The molecule has 2 nitrogen and oxygen atoms in total. The molecule has 0 aromatic carbocycles. The number of nitrogens with zero attached hydrogens (tertiary/aromatic N) is 1. The molecule has 1 saturated heterocycles. The van der Waals surface area contributed by atoms with Gasteiger partial charge in [-0.25, -0.2) is 0 Å². The lowest BCUT2D eigenvalue weighted by molar-refractivity contribution is 0.127. The molecule has 1 unspecified atom stereocenters. The fourth-order valence-electron chi connectivity index (χ4n) is 2.86. The summed E-state index contributed by atoms with van der Waals surface area (Å²) in [5.74, 6) is 0. The molecule has 2 heteroatoms. The SMILES string of the molecule is CCCCCN(C)CC1(CC)CCCNC1. The number of nitrogens with one attached hydrogen (secondary N) is 1. The van der Waals surface area contributed by atoms with E-state index in [0.29, 0.717) is 5.41 Å². The van der Waals surface area contributed by atoms with E-state index in [1.54, 1.807) is 0 Å². The second-order valence-electron chi connectivity index (χ2n) is 5.58. The predicted molar refractivity (Wildman–Crippen MR) is 71.8 cm³/mol. The quantitative estimate of drug-likeness (QED) is 0.672. The molecule has 0 saturated carbocycles. The molecule has 0 aliphatic carbocycles. The summed E-state index contributed by atoms with van der Waals surface area (Å²) in [5, 5.41) is 3.57. The van der Waals surface area contributed by atoms with Gasteiger partial charge in [0, 0.05) is 13.1 Å². The fraction of sp³-hybridized carbons (Fsp3) is 1.00. The summed E-state index contributed by atoms with van der Waals surface area (Å²) in [6.07, 6.45) is 8.15. The Bertz CT molecular complexity index is 174. The van der Waals surface area contributed by atoms with Gasteiger partial charge in [0.1, 0.15) is 0 Å². The van der Waals surface area contributed by atoms with Crippen LogP contribution in [0.4, 0.5) is 0 Å². The highest BCUT2D eigenvalue weighted by atomic mass is 15.1. The van der Waals surface area contributed by atoms with Crippen LogP contribution in [0.5, 0.6) is 0 Å². The van der Waals surface area contributed by atoms with Crippen LogP contribution in [0.3, 0.4) is 0 Å². The summed E-state index contributed by atoms with van der Waals surface area (Å²) in [5.41, 5.74) is 0.555. The maximum atomic E-state index is 3.57. The van der Waals surface area contributed by atoms with E-state index in [9.17, 15) is 0 Å². The van der Waals surface area contributed by atoms with E-state index in [4.69, 9.17) is 0 Å². The zero-order chi connectivity index (χ0) is 11.9. The third-order valence-electron chi connectivity index (χ3n) is 4.06. The van der Waals surface area contributed by atoms with E-state index in [2.05, 4.69) is 31.1 Å². The van der Waals surface area contributed by atoms with Crippen LogP contribution >= 0.6 is 0 Å². The van der Waals surface area contributed by atoms with Gasteiger partial charge in [0.15, 0.2) is 0 Å². The molecule has 1 heterocycles. The Morgan fingerprint density at radius 2 is 2.06 bits per heavy atom. The van der Waals surface area contributed by atoms with E-state index >= 15 is 0 Å². The molecule has 1 atom stereocenters. The van der Waals surface area contributed by atoms with Gasteiger partial charge in [-0.3, -0.25) is 0 Å². The van der Waals surface area contributed by atoms with Crippen molar-refractivity contribution in [1.29, 1.82) is 0 Å².